The predicted molar refractivity (Wildman–Crippen MR) is 102 cm³/mol. The van der Waals surface area contributed by atoms with Crippen LogP contribution in [0, 0.1) is 0 Å². The molecule has 0 fully saturated rings. The first-order valence-corrected chi connectivity index (χ1v) is 10.3. The number of nitrogens with zero attached hydrogens (tertiary/aromatic N) is 6. The van der Waals surface area contributed by atoms with Crippen LogP contribution in [0.25, 0.3) is 28.1 Å². The molecule has 0 aliphatic carbocycles. The van der Waals surface area contributed by atoms with Crippen molar-refractivity contribution < 1.29 is 21.6 Å². The number of aryl methyl sites for hydroxylation is 1. The van der Waals surface area contributed by atoms with Gasteiger partial charge in [0.15, 0.2) is 0 Å². The van der Waals surface area contributed by atoms with Crippen molar-refractivity contribution in [3.05, 3.63) is 48.0 Å². The Labute approximate surface area is 168 Å². The lowest BCUT2D eigenvalue weighted by atomic mass is 10.1. The van der Waals surface area contributed by atoms with E-state index in [2.05, 4.69) is 25.2 Å². The van der Waals surface area contributed by atoms with Gasteiger partial charge in [-0.15, -0.1) is 10.2 Å². The van der Waals surface area contributed by atoms with Crippen molar-refractivity contribution in [1.82, 2.24) is 30.0 Å². The van der Waals surface area contributed by atoms with E-state index in [4.69, 9.17) is 0 Å². The van der Waals surface area contributed by atoms with E-state index < -0.39 is 21.8 Å². The Morgan fingerprint density at radius 1 is 1.03 bits per heavy atom. The number of benzene rings is 2. The second-order valence-corrected chi connectivity index (χ2v) is 8.26. The van der Waals surface area contributed by atoms with Crippen LogP contribution in [0.3, 0.4) is 0 Å². The van der Waals surface area contributed by atoms with Crippen molar-refractivity contribution in [2.24, 2.45) is 7.05 Å². The Morgan fingerprint density at radius 2 is 1.73 bits per heavy atom. The number of nitrogens with one attached hydrogen (secondary N) is 1. The summed E-state index contributed by atoms with van der Waals surface area (Å²) >= 11 is 0. The molecule has 4 aromatic rings. The number of hydrogen-bond acceptors (Lipinski definition) is 6. The van der Waals surface area contributed by atoms with E-state index in [-0.39, 0.29) is 5.82 Å². The molecular formula is C17H14F3N7O2S. The van der Waals surface area contributed by atoms with E-state index in [1.807, 2.05) is 0 Å². The highest BCUT2D eigenvalue weighted by Gasteiger charge is 2.30. The third kappa shape index (κ3) is 3.83. The zero-order valence-corrected chi connectivity index (χ0v) is 16.4. The maximum Gasteiger partial charge on any atom is 0.416 e. The molecule has 0 saturated carbocycles. The predicted octanol–water partition coefficient (Wildman–Crippen LogP) is 2.61. The number of tetrazole rings is 1. The molecule has 0 aliphatic heterocycles. The van der Waals surface area contributed by atoms with Gasteiger partial charge in [-0.05, 0) is 47.7 Å². The highest BCUT2D eigenvalue weighted by molar-refractivity contribution is 7.92. The Balaban J connectivity index is 1.90. The van der Waals surface area contributed by atoms with Gasteiger partial charge in [0.25, 0.3) is 0 Å². The summed E-state index contributed by atoms with van der Waals surface area (Å²) in [6, 6.07) is 9.20. The number of anilines is 1. The molecule has 156 valence electrons. The number of halogens is 3. The van der Waals surface area contributed by atoms with Crippen molar-refractivity contribution in [1.29, 1.82) is 0 Å². The normalized spacial score (nSPS) is 12.4. The second kappa shape index (κ2) is 6.79. The number of hydrogen-bond donors (Lipinski definition) is 1. The highest BCUT2D eigenvalue weighted by atomic mass is 32.2. The van der Waals surface area contributed by atoms with Gasteiger partial charge in [0, 0.05) is 11.1 Å². The largest absolute Gasteiger partial charge is 0.416 e. The van der Waals surface area contributed by atoms with Gasteiger partial charge in [0.1, 0.15) is 5.69 Å². The van der Waals surface area contributed by atoms with Gasteiger partial charge in [-0.25, -0.2) is 13.1 Å². The first-order chi connectivity index (χ1) is 14.0. The van der Waals surface area contributed by atoms with Crippen molar-refractivity contribution in [2.45, 2.75) is 6.18 Å². The number of sulfonamides is 1. The third-order valence-corrected chi connectivity index (χ3v) is 4.75. The van der Waals surface area contributed by atoms with Crippen LogP contribution in [-0.4, -0.2) is 44.7 Å². The Hall–Kier alpha value is -3.48. The number of fused-ring (bicyclic) bond motifs is 1. The van der Waals surface area contributed by atoms with Crippen LogP contribution in [0.4, 0.5) is 18.9 Å². The molecule has 0 spiro atoms. The Morgan fingerprint density at radius 3 is 2.30 bits per heavy atom. The van der Waals surface area contributed by atoms with Crippen LogP contribution >= 0.6 is 0 Å². The maximum absolute atomic E-state index is 12.9. The highest BCUT2D eigenvalue weighted by Crippen LogP contribution is 2.32. The van der Waals surface area contributed by atoms with E-state index >= 15 is 0 Å². The summed E-state index contributed by atoms with van der Waals surface area (Å²) in [5.74, 6) is 0.185. The molecule has 0 saturated heterocycles. The fourth-order valence-electron chi connectivity index (χ4n) is 2.93. The van der Waals surface area contributed by atoms with E-state index in [1.165, 1.54) is 27.7 Å². The summed E-state index contributed by atoms with van der Waals surface area (Å²) in [7, 11) is -1.94. The Bertz CT molecular complexity index is 1340. The molecule has 0 atom stereocenters. The third-order valence-electron chi connectivity index (χ3n) is 4.14. The van der Waals surface area contributed by atoms with E-state index in [9.17, 15) is 21.6 Å². The van der Waals surface area contributed by atoms with E-state index in [0.29, 0.717) is 28.0 Å². The topological polar surface area (TPSA) is 108 Å². The van der Waals surface area contributed by atoms with Gasteiger partial charge < -0.3 is 0 Å². The molecule has 13 heteroatoms. The molecule has 0 radical (unpaired) electrons. The molecule has 30 heavy (non-hydrogen) atoms. The molecule has 0 unspecified atom stereocenters. The van der Waals surface area contributed by atoms with Gasteiger partial charge in [-0.3, -0.25) is 4.72 Å². The molecule has 0 aliphatic rings. The van der Waals surface area contributed by atoms with Crippen LogP contribution in [0.15, 0.2) is 42.5 Å². The average molecular weight is 437 g/mol. The summed E-state index contributed by atoms with van der Waals surface area (Å²) in [6.45, 7) is 0. The first kappa shape index (κ1) is 19.8. The van der Waals surface area contributed by atoms with E-state index in [0.717, 1.165) is 18.4 Å². The quantitative estimate of drug-likeness (QED) is 0.526. The van der Waals surface area contributed by atoms with E-state index in [1.54, 1.807) is 19.2 Å². The van der Waals surface area contributed by atoms with Crippen LogP contribution < -0.4 is 4.72 Å². The fourth-order valence-corrected chi connectivity index (χ4v) is 3.48. The van der Waals surface area contributed by atoms with Crippen molar-refractivity contribution in [3.8, 4) is 17.2 Å². The second-order valence-electron chi connectivity index (χ2n) is 6.51. The van der Waals surface area contributed by atoms with Gasteiger partial charge >= 0.3 is 6.18 Å². The monoisotopic (exact) mass is 437 g/mol. The minimum atomic E-state index is -4.45. The molecule has 1 N–H and O–H groups in total. The molecule has 2 heterocycles. The van der Waals surface area contributed by atoms with Crippen LogP contribution in [0.1, 0.15) is 5.56 Å². The molecule has 2 aromatic carbocycles. The minimum Gasteiger partial charge on any atom is -0.284 e. The maximum atomic E-state index is 12.9. The minimum absolute atomic E-state index is 0.185. The zero-order valence-electron chi connectivity index (χ0n) is 15.6. The lowest BCUT2D eigenvalue weighted by Crippen LogP contribution is -2.09. The van der Waals surface area contributed by atoms with Gasteiger partial charge in [-0.1, -0.05) is 0 Å². The van der Waals surface area contributed by atoms with Crippen molar-refractivity contribution in [2.75, 3.05) is 11.0 Å². The summed E-state index contributed by atoms with van der Waals surface area (Å²) in [5.41, 5.74) is 0.721. The summed E-state index contributed by atoms with van der Waals surface area (Å²) < 4.78 is 65.6. The lowest BCUT2D eigenvalue weighted by Gasteiger charge is -2.09. The van der Waals surface area contributed by atoms with Gasteiger partial charge in [-0.2, -0.15) is 23.1 Å². The molecule has 0 amide bonds. The lowest BCUT2D eigenvalue weighted by molar-refractivity contribution is -0.137. The fraction of sp³-hybridized carbons (Fsp3) is 0.176. The van der Waals surface area contributed by atoms with Crippen LogP contribution in [0.2, 0.25) is 0 Å². The number of aromatic nitrogens is 6. The standard InChI is InChI=1S/C17H14F3N7O2S/c1-26-23-16(21-25-26)15-13-9-11(24-30(2,28)29)5-8-14(13)27(22-15)12-6-3-10(4-7-12)17(18,19)20/h3-9,24H,1-2H3. The van der Waals surface area contributed by atoms with Crippen LogP contribution in [-0.2, 0) is 23.2 Å². The van der Waals surface area contributed by atoms with Crippen LogP contribution in [0.5, 0.6) is 0 Å². The van der Waals surface area contributed by atoms with Gasteiger partial charge in [0.2, 0.25) is 15.8 Å². The number of alkyl halides is 3. The molecule has 9 nitrogen and oxygen atoms in total. The Kier molecular flexibility index (Phi) is 4.49. The number of rotatable bonds is 4. The molecule has 2 aromatic heterocycles. The van der Waals surface area contributed by atoms with Crippen molar-refractivity contribution in [3.63, 3.8) is 0 Å². The molecule has 0 bridgehead atoms. The SMILES string of the molecule is Cn1nnc(-c2nn(-c3ccc(C(F)(F)F)cc3)c3ccc(NS(C)(=O)=O)cc23)n1. The zero-order chi connectivity index (χ0) is 21.7. The van der Waals surface area contributed by atoms with Gasteiger partial charge in [0.05, 0.1) is 30.1 Å². The summed E-state index contributed by atoms with van der Waals surface area (Å²) in [4.78, 5) is 1.23. The molecular weight excluding hydrogens is 423 g/mol. The summed E-state index contributed by atoms with van der Waals surface area (Å²) in [6.07, 6.45) is -3.43. The van der Waals surface area contributed by atoms with Crippen molar-refractivity contribution >= 4 is 26.6 Å². The summed E-state index contributed by atoms with van der Waals surface area (Å²) in [5, 5.41) is 16.8. The smallest absolute Gasteiger partial charge is 0.284 e. The molecule has 4 rings (SSSR count). The average Bonchev–Trinajstić information content (AvgIpc) is 3.23. The first-order valence-electron chi connectivity index (χ1n) is 8.44.